The molecule has 1 amide bonds. The molecule has 16 heavy (non-hydrogen) atoms. The number of rotatable bonds is 5. The minimum absolute atomic E-state index is 0.187. The van der Waals surface area contributed by atoms with Crippen LogP contribution in [0.2, 0.25) is 0 Å². The van der Waals surface area contributed by atoms with Gasteiger partial charge in [0.25, 0.3) is 0 Å². The smallest absolute Gasteiger partial charge is 0.404 e. The number of amides is 1. The number of nitrogens with one attached hydrogen (secondary N) is 1. The van der Waals surface area contributed by atoms with Crippen molar-refractivity contribution in [3.05, 3.63) is 24.3 Å². The molecule has 0 saturated carbocycles. The Morgan fingerprint density at radius 3 is 2.81 bits per heavy atom. The molecule has 0 aromatic heterocycles. The average Bonchev–Trinajstić information content (AvgIpc) is 2.28. The Kier molecular flexibility index (Phi) is 4.52. The van der Waals surface area contributed by atoms with Gasteiger partial charge in [-0.15, -0.1) is 0 Å². The molecule has 1 unspecified atom stereocenters. The molecule has 0 fully saturated rings. The first kappa shape index (κ1) is 12.7. The van der Waals surface area contributed by atoms with Crippen LogP contribution in [0.5, 0.6) is 0 Å². The topological polar surface area (TPSA) is 95.6 Å². The number of hydrogen-bond donors (Lipinski definition) is 4. The number of hydrogen-bond acceptors (Lipinski definition) is 3. The van der Waals surface area contributed by atoms with Crippen LogP contribution in [-0.4, -0.2) is 35.5 Å². The highest BCUT2D eigenvalue weighted by atomic mass is 16.4. The fourth-order valence-electron chi connectivity index (χ4n) is 1.87. The highest BCUT2D eigenvalue weighted by molar-refractivity contribution is 5.64. The van der Waals surface area contributed by atoms with Crippen molar-refractivity contribution >= 4 is 6.09 Å². The summed E-state index contributed by atoms with van der Waals surface area (Å²) in [5.41, 5.74) is 5.02. The van der Waals surface area contributed by atoms with Gasteiger partial charge < -0.3 is 21.3 Å². The molecule has 90 valence electrons. The molecular weight excluding hydrogens is 208 g/mol. The SMILES string of the molecule is NCC(O)C[C@]1(CNC(=O)O)C=CC=CC1. The molecule has 5 N–H and O–H groups in total. The third-order valence-corrected chi connectivity index (χ3v) is 2.73. The van der Waals surface area contributed by atoms with Crippen molar-refractivity contribution in [2.24, 2.45) is 11.1 Å². The third-order valence-electron chi connectivity index (χ3n) is 2.73. The lowest BCUT2D eigenvalue weighted by molar-refractivity contribution is 0.122. The highest BCUT2D eigenvalue weighted by Gasteiger charge is 2.30. The van der Waals surface area contributed by atoms with Crippen LogP contribution < -0.4 is 11.1 Å². The lowest BCUT2D eigenvalue weighted by Gasteiger charge is -2.32. The van der Waals surface area contributed by atoms with Gasteiger partial charge in [0.05, 0.1) is 6.10 Å². The summed E-state index contributed by atoms with van der Waals surface area (Å²) in [5.74, 6) is 0. The van der Waals surface area contributed by atoms with Crippen LogP contribution in [0.25, 0.3) is 0 Å². The first-order valence-corrected chi connectivity index (χ1v) is 5.27. The summed E-state index contributed by atoms with van der Waals surface area (Å²) < 4.78 is 0. The molecule has 0 aromatic carbocycles. The number of allylic oxidation sites excluding steroid dienone is 3. The molecule has 0 heterocycles. The summed E-state index contributed by atoms with van der Waals surface area (Å²) in [6, 6.07) is 0. The van der Waals surface area contributed by atoms with Crippen LogP contribution in [0.4, 0.5) is 4.79 Å². The van der Waals surface area contributed by atoms with E-state index < -0.39 is 12.2 Å². The van der Waals surface area contributed by atoms with E-state index in [0.717, 1.165) is 0 Å². The summed E-state index contributed by atoms with van der Waals surface area (Å²) in [6.07, 6.45) is 7.20. The van der Waals surface area contributed by atoms with Crippen LogP contribution in [0.15, 0.2) is 24.3 Å². The zero-order valence-corrected chi connectivity index (χ0v) is 9.10. The Labute approximate surface area is 94.6 Å². The van der Waals surface area contributed by atoms with Gasteiger partial charge in [0.2, 0.25) is 0 Å². The largest absolute Gasteiger partial charge is 0.465 e. The van der Waals surface area contributed by atoms with Gasteiger partial charge in [-0.2, -0.15) is 0 Å². The minimum Gasteiger partial charge on any atom is -0.465 e. The quantitative estimate of drug-likeness (QED) is 0.548. The Morgan fingerprint density at radius 2 is 2.31 bits per heavy atom. The van der Waals surface area contributed by atoms with Gasteiger partial charge in [-0.25, -0.2) is 4.79 Å². The number of carbonyl (C=O) groups is 1. The molecule has 1 aliphatic carbocycles. The number of nitrogens with two attached hydrogens (primary N) is 1. The zero-order valence-electron chi connectivity index (χ0n) is 9.10. The number of aliphatic hydroxyl groups is 1. The minimum atomic E-state index is -1.05. The van der Waals surface area contributed by atoms with Gasteiger partial charge in [-0.3, -0.25) is 0 Å². The van der Waals surface area contributed by atoms with E-state index >= 15 is 0 Å². The molecule has 0 radical (unpaired) electrons. The second kappa shape index (κ2) is 5.67. The van der Waals surface area contributed by atoms with Crippen LogP contribution in [0.1, 0.15) is 12.8 Å². The summed E-state index contributed by atoms with van der Waals surface area (Å²) in [4.78, 5) is 10.5. The maximum Gasteiger partial charge on any atom is 0.404 e. The number of carboxylic acid groups (broad SMARTS) is 1. The van der Waals surface area contributed by atoms with Gasteiger partial charge in [0, 0.05) is 18.5 Å². The first-order chi connectivity index (χ1) is 7.58. The highest BCUT2D eigenvalue weighted by Crippen LogP contribution is 2.32. The van der Waals surface area contributed by atoms with Crippen LogP contribution >= 0.6 is 0 Å². The normalized spacial score (nSPS) is 25.4. The second-order valence-corrected chi connectivity index (χ2v) is 4.11. The second-order valence-electron chi connectivity index (χ2n) is 4.11. The molecule has 0 aliphatic heterocycles. The molecular formula is C11H18N2O3. The van der Waals surface area contributed by atoms with Gasteiger partial charge in [0.1, 0.15) is 0 Å². The van der Waals surface area contributed by atoms with Crippen molar-refractivity contribution in [2.75, 3.05) is 13.1 Å². The summed E-state index contributed by atoms with van der Waals surface area (Å²) in [7, 11) is 0. The summed E-state index contributed by atoms with van der Waals surface area (Å²) >= 11 is 0. The molecule has 1 rings (SSSR count). The standard InChI is InChI=1S/C11H18N2O3/c12-7-9(14)6-11(8-13-10(15)16)4-2-1-3-5-11/h1-4,9,13-14H,5-8,12H2,(H,15,16)/t9?,11-/m0/s1. The first-order valence-electron chi connectivity index (χ1n) is 5.27. The van der Waals surface area contributed by atoms with Crippen molar-refractivity contribution in [1.82, 2.24) is 5.32 Å². The fraction of sp³-hybridized carbons (Fsp3) is 0.545. The van der Waals surface area contributed by atoms with Crippen molar-refractivity contribution in [1.29, 1.82) is 0 Å². The van der Waals surface area contributed by atoms with E-state index in [1.807, 2.05) is 24.3 Å². The van der Waals surface area contributed by atoms with E-state index in [9.17, 15) is 9.90 Å². The Bertz CT molecular complexity index is 302. The predicted molar refractivity (Wildman–Crippen MR) is 61.0 cm³/mol. The van der Waals surface area contributed by atoms with Crippen LogP contribution in [-0.2, 0) is 0 Å². The molecule has 1 aliphatic rings. The molecule has 0 aromatic rings. The fourth-order valence-corrected chi connectivity index (χ4v) is 1.87. The van der Waals surface area contributed by atoms with E-state index in [0.29, 0.717) is 19.4 Å². The lowest BCUT2D eigenvalue weighted by Crippen LogP contribution is -2.39. The number of aliphatic hydroxyl groups excluding tert-OH is 1. The van der Waals surface area contributed by atoms with Gasteiger partial charge in [-0.05, 0) is 12.8 Å². The molecule has 2 atom stereocenters. The van der Waals surface area contributed by atoms with E-state index in [2.05, 4.69) is 5.32 Å². The van der Waals surface area contributed by atoms with Crippen molar-refractivity contribution in [3.8, 4) is 0 Å². The lowest BCUT2D eigenvalue weighted by atomic mass is 9.77. The van der Waals surface area contributed by atoms with E-state index in [1.165, 1.54) is 0 Å². The monoisotopic (exact) mass is 226 g/mol. The summed E-state index contributed by atoms with van der Waals surface area (Å²) in [5, 5.41) is 20.6. The third kappa shape index (κ3) is 3.67. The van der Waals surface area contributed by atoms with Crippen LogP contribution in [0, 0.1) is 5.41 Å². The molecule has 0 spiro atoms. The zero-order chi connectivity index (χ0) is 12.0. The molecule has 5 nitrogen and oxygen atoms in total. The van der Waals surface area contributed by atoms with E-state index in [4.69, 9.17) is 10.8 Å². The van der Waals surface area contributed by atoms with Gasteiger partial charge in [0.15, 0.2) is 0 Å². The molecule has 5 heteroatoms. The van der Waals surface area contributed by atoms with Crippen molar-refractivity contribution in [3.63, 3.8) is 0 Å². The maximum atomic E-state index is 10.5. The van der Waals surface area contributed by atoms with Crippen LogP contribution in [0.3, 0.4) is 0 Å². The van der Waals surface area contributed by atoms with Gasteiger partial charge >= 0.3 is 6.09 Å². The Balaban J connectivity index is 2.65. The average molecular weight is 226 g/mol. The van der Waals surface area contributed by atoms with E-state index in [-0.39, 0.29) is 12.0 Å². The maximum absolute atomic E-state index is 10.5. The van der Waals surface area contributed by atoms with Crippen molar-refractivity contribution < 1.29 is 15.0 Å². The Morgan fingerprint density at radius 1 is 1.56 bits per heavy atom. The van der Waals surface area contributed by atoms with E-state index in [1.54, 1.807) is 0 Å². The van der Waals surface area contributed by atoms with Gasteiger partial charge in [-0.1, -0.05) is 24.3 Å². The summed E-state index contributed by atoms with van der Waals surface area (Å²) in [6.45, 7) is 0.479. The van der Waals surface area contributed by atoms with Crippen molar-refractivity contribution in [2.45, 2.75) is 18.9 Å². The molecule has 0 saturated heterocycles. The Hall–Kier alpha value is -1.33. The predicted octanol–water partition coefficient (Wildman–Crippen LogP) is 0.466. The molecule has 0 bridgehead atoms.